The topological polar surface area (TPSA) is 74.5 Å². The summed E-state index contributed by atoms with van der Waals surface area (Å²) in [4.78, 5) is 12.8. The molecule has 0 bridgehead atoms. The highest BCUT2D eigenvalue weighted by molar-refractivity contribution is 8.00. The zero-order valence-corrected chi connectivity index (χ0v) is 17.6. The monoisotopic (exact) mass is 410 g/mol. The first-order valence-electron chi connectivity index (χ1n) is 9.36. The van der Waals surface area contributed by atoms with Gasteiger partial charge in [-0.1, -0.05) is 56.8 Å². The van der Waals surface area contributed by atoms with E-state index >= 15 is 0 Å². The summed E-state index contributed by atoms with van der Waals surface area (Å²) >= 11 is 1.25. The van der Waals surface area contributed by atoms with Gasteiger partial charge in [0, 0.05) is 11.1 Å². The van der Waals surface area contributed by atoms with E-state index in [1.165, 1.54) is 17.3 Å². The molecule has 150 valence electrons. The van der Waals surface area contributed by atoms with Crippen molar-refractivity contribution >= 4 is 17.5 Å². The highest BCUT2D eigenvalue weighted by Gasteiger charge is 2.22. The van der Waals surface area contributed by atoms with Gasteiger partial charge in [0.05, 0.1) is 5.25 Å². The standard InChI is InChI=1S/C22H22N2O4S/c1-13(19(25)14-5-8-16(9-6-14)22(2,3)4)29-21-24-23-20(28-21)15-7-10-17-18(11-15)27-12-26-17/h5-11,13H,12H2,1-4H3/t13-/m0/s1. The summed E-state index contributed by atoms with van der Waals surface area (Å²) in [6.45, 7) is 8.50. The van der Waals surface area contributed by atoms with Crippen LogP contribution in [0.15, 0.2) is 52.1 Å². The second-order valence-electron chi connectivity index (χ2n) is 7.89. The summed E-state index contributed by atoms with van der Waals surface area (Å²) in [5.41, 5.74) is 2.66. The molecule has 0 spiro atoms. The van der Waals surface area contributed by atoms with Crippen molar-refractivity contribution in [2.75, 3.05) is 6.79 Å². The minimum Gasteiger partial charge on any atom is -0.454 e. The number of hydrogen-bond donors (Lipinski definition) is 0. The lowest BCUT2D eigenvalue weighted by Crippen LogP contribution is -2.15. The number of ketones is 1. The summed E-state index contributed by atoms with van der Waals surface area (Å²) < 4.78 is 16.4. The fourth-order valence-corrected chi connectivity index (χ4v) is 3.74. The number of benzene rings is 2. The number of thioether (sulfide) groups is 1. The number of carbonyl (C=O) groups excluding carboxylic acids is 1. The van der Waals surface area contributed by atoms with Crippen molar-refractivity contribution in [3.63, 3.8) is 0 Å². The van der Waals surface area contributed by atoms with Crippen molar-refractivity contribution in [2.45, 2.75) is 43.6 Å². The third-order valence-corrected chi connectivity index (χ3v) is 5.64. The van der Waals surface area contributed by atoms with Gasteiger partial charge < -0.3 is 13.9 Å². The largest absolute Gasteiger partial charge is 0.454 e. The lowest BCUT2D eigenvalue weighted by atomic mass is 9.86. The first-order valence-corrected chi connectivity index (χ1v) is 10.2. The lowest BCUT2D eigenvalue weighted by Gasteiger charge is -2.19. The van der Waals surface area contributed by atoms with Crippen LogP contribution in [0.2, 0.25) is 0 Å². The quantitative estimate of drug-likeness (QED) is 0.426. The third kappa shape index (κ3) is 4.15. The van der Waals surface area contributed by atoms with Gasteiger partial charge in [0.2, 0.25) is 12.7 Å². The van der Waals surface area contributed by atoms with Gasteiger partial charge in [0.1, 0.15) is 0 Å². The van der Waals surface area contributed by atoms with Crippen LogP contribution < -0.4 is 9.47 Å². The van der Waals surface area contributed by atoms with Crippen molar-refractivity contribution in [3.05, 3.63) is 53.6 Å². The summed E-state index contributed by atoms with van der Waals surface area (Å²) in [5, 5.41) is 8.17. The Balaban J connectivity index is 1.45. The maximum Gasteiger partial charge on any atom is 0.277 e. The van der Waals surface area contributed by atoms with Crippen LogP contribution in [0.25, 0.3) is 11.5 Å². The maximum atomic E-state index is 12.8. The molecule has 6 nitrogen and oxygen atoms in total. The normalized spacial score (nSPS) is 14.1. The van der Waals surface area contributed by atoms with Gasteiger partial charge >= 0.3 is 0 Å². The molecule has 7 heteroatoms. The van der Waals surface area contributed by atoms with E-state index in [9.17, 15) is 4.79 Å². The van der Waals surface area contributed by atoms with Crippen LogP contribution in [0.4, 0.5) is 0 Å². The molecule has 0 saturated heterocycles. The number of hydrogen-bond acceptors (Lipinski definition) is 7. The third-order valence-electron chi connectivity index (χ3n) is 4.71. The average molecular weight is 410 g/mol. The molecule has 2 heterocycles. The van der Waals surface area contributed by atoms with Crippen LogP contribution >= 0.6 is 11.8 Å². The molecule has 2 aromatic carbocycles. The van der Waals surface area contributed by atoms with Crippen LogP contribution in [0.3, 0.4) is 0 Å². The van der Waals surface area contributed by atoms with E-state index in [1.54, 1.807) is 6.07 Å². The minimum atomic E-state index is -0.347. The Bertz CT molecular complexity index is 1040. The molecule has 0 aliphatic carbocycles. The number of Topliss-reactive ketones (excluding diaryl/α,β-unsaturated/α-hetero) is 1. The first kappa shape index (κ1) is 19.5. The molecule has 0 radical (unpaired) electrons. The molecule has 0 saturated carbocycles. The Hall–Kier alpha value is -2.80. The van der Waals surface area contributed by atoms with Crippen molar-refractivity contribution in [1.29, 1.82) is 0 Å². The maximum absolute atomic E-state index is 12.8. The van der Waals surface area contributed by atoms with Crippen LogP contribution in [0.1, 0.15) is 43.6 Å². The van der Waals surface area contributed by atoms with Gasteiger partial charge in [-0.3, -0.25) is 4.79 Å². The fourth-order valence-electron chi connectivity index (χ4n) is 2.98. The number of aromatic nitrogens is 2. The zero-order valence-electron chi connectivity index (χ0n) is 16.8. The molecule has 0 N–H and O–H groups in total. The van der Waals surface area contributed by atoms with Crippen LogP contribution in [0.5, 0.6) is 11.5 Å². The SMILES string of the molecule is C[C@H](Sc1nnc(-c2ccc3c(c2)OCO3)o1)C(=O)c1ccc(C(C)(C)C)cc1. The van der Waals surface area contributed by atoms with Gasteiger partial charge in [-0.15, -0.1) is 10.2 Å². The lowest BCUT2D eigenvalue weighted by molar-refractivity contribution is 0.0993. The van der Waals surface area contributed by atoms with Crippen LogP contribution in [-0.2, 0) is 5.41 Å². The molecular formula is C22H22N2O4S. The summed E-state index contributed by atoms with van der Waals surface area (Å²) in [6.07, 6.45) is 0. The van der Waals surface area contributed by atoms with Crippen molar-refractivity contribution in [1.82, 2.24) is 10.2 Å². The first-order chi connectivity index (χ1) is 13.8. The van der Waals surface area contributed by atoms with E-state index in [0.29, 0.717) is 28.2 Å². The Labute approximate surface area is 173 Å². The molecule has 0 amide bonds. The Morgan fingerprint density at radius 2 is 1.76 bits per heavy atom. The number of fused-ring (bicyclic) bond motifs is 1. The number of nitrogens with zero attached hydrogens (tertiary/aromatic N) is 2. The Kier molecular flexibility index (Phi) is 5.08. The van der Waals surface area contributed by atoms with Crippen LogP contribution in [0, 0.1) is 0 Å². The Morgan fingerprint density at radius 1 is 1.03 bits per heavy atom. The molecule has 0 fully saturated rings. The predicted molar refractivity (Wildman–Crippen MR) is 111 cm³/mol. The van der Waals surface area contributed by atoms with Gasteiger partial charge in [0.15, 0.2) is 17.3 Å². The van der Waals surface area contributed by atoms with E-state index in [4.69, 9.17) is 13.9 Å². The van der Waals surface area contributed by atoms with E-state index in [-0.39, 0.29) is 23.2 Å². The summed E-state index contributed by atoms with van der Waals surface area (Å²) in [7, 11) is 0. The average Bonchev–Trinajstić information content (AvgIpc) is 3.35. The fraction of sp³-hybridized carbons (Fsp3) is 0.318. The minimum absolute atomic E-state index is 0.0262. The predicted octanol–water partition coefficient (Wildman–Crippen LogP) is 5.13. The molecule has 1 aromatic heterocycles. The van der Waals surface area contributed by atoms with E-state index in [1.807, 2.05) is 43.3 Å². The van der Waals surface area contributed by atoms with E-state index in [2.05, 4.69) is 31.0 Å². The highest BCUT2D eigenvalue weighted by atomic mass is 32.2. The van der Waals surface area contributed by atoms with Gasteiger partial charge in [-0.2, -0.15) is 0 Å². The van der Waals surface area contributed by atoms with Gasteiger partial charge in [-0.25, -0.2) is 0 Å². The summed E-state index contributed by atoms with van der Waals surface area (Å²) in [5.74, 6) is 1.75. The smallest absolute Gasteiger partial charge is 0.277 e. The molecule has 29 heavy (non-hydrogen) atoms. The van der Waals surface area contributed by atoms with Gasteiger partial charge in [0.25, 0.3) is 5.22 Å². The molecule has 0 unspecified atom stereocenters. The van der Waals surface area contributed by atoms with E-state index in [0.717, 1.165) is 5.56 Å². The van der Waals surface area contributed by atoms with E-state index < -0.39 is 0 Å². The molecule has 4 rings (SSSR count). The van der Waals surface area contributed by atoms with Crippen molar-refractivity contribution in [3.8, 4) is 23.0 Å². The van der Waals surface area contributed by atoms with Crippen LogP contribution in [-0.4, -0.2) is 28.0 Å². The molecule has 1 atom stereocenters. The number of carbonyl (C=O) groups is 1. The number of rotatable bonds is 5. The van der Waals surface area contributed by atoms with Crippen molar-refractivity contribution in [2.24, 2.45) is 0 Å². The molecule has 3 aromatic rings. The molecule has 1 aliphatic rings. The number of ether oxygens (including phenoxy) is 2. The molecular weight excluding hydrogens is 388 g/mol. The van der Waals surface area contributed by atoms with Crippen molar-refractivity contribution < 1.29 is 18.7 Å². The van der Waals surface area contributed by atoms with Gasteiger partial charge in [-0.05, 0) is 36.1 Å². The Morgan fingerprint density at radius 3 is 2.48 bits per heavy atom. The zero-order chi connectivity index (χ0) is 20.6. The summed E-state index contributed by atoms with van der Waals surface area (Å²) in [6, 6.07) is 13.2. The molecule has 1 aliphatic heterocycles. The second-order valence-corrected chi connectivity index (χ2v) is 9.18. The second kappa shape index (κ2) is 7.55. The highest BCUT2D eigenvalue weighted by Crippen LogP contribution is 2.36.